The fraction of sp³-hybridized carbons (Fsp3) is 0.667. The molecule has 0 aliphatic heterocycles. The second-order valence-electron chi connectivity index (χ2n) is 7.84. The van der Waals surface area contributed by atoms with Crippen LogP contribution in [0, 0.1) is 11.8 Å². The number of benzene rings is 1. The third-order valence-corrected chi connectivity index (χ3v) is 6.64. The van der Waals surface area contributed by atoms with E-state index in [0.717, 1.165) is 31.2 Å². The second kappa shape index (κ2) is 7.26. The Morgan fingerprint density at radius 1 is 1.12 bits per heavy atom. The molecule has 2 aliphatic rings. The molecule has 0 saturated heterocycles. The van der Waals surface area contributed by atoms with Gasteiger partial charge in [-0.3, -0.25) is 4.79 Å². The van der Waals surface area contributed by atoms with E-state index in [0.29, 0.717) is 23.9 Å². The van der Waals surface area contributed by atoms with Crippen molar-refractivity contribution in [2.24, 2.45) is 17.6 Å². The molecule has 2 saturated carbocycles. The lowest BCUT2D eigenvalue weighted by Crippen LogP contribution is -2.57. The van der Waals surface area contributed by atoms with E-state index in [1.54, 1.807) is 0 Å². The van der Waals surface area contributed by atoms with Crippen LogP contribution >= 0.6 is 0 Å². The maximum atomic E-state index is 13.4. The van der Waals surface area contributed by atoms with Gasteiger partial charge in [0.05, 0.1) is 5.41 Å². The molecule has 132 valence electrons. The number of hydrogen-bond acceptors (Lipinski definition) is 2. The van der Waals surface area contributed by atoms with Crippen molar-refractivity contribution in [2.45, 2.75) is 76.3 Å². The molecule has 2 atom stereocenters. The Labute approximate surface area is 146 Å². The van der Waals surface area contributed by atoms with Gasteiger partial charge >= 0.3 is 0 Å². The van der Waals surface area contributed by atoms with Crippen LogP contribution in [0.4, 0.5) is 0 Å². The predicted octanol–water partition coefficient (Wildman–Crippen LogP) is 3.77. The van der Waals surface area contributed by atoms with Crippen LogP contribution in [0.15, 0.2) is 30.3 Å². The molecule has 0 radical (unpaired) electrons. The lowest BCUT2D eigenvalue weighted by molar-refractivity contribution is -0.129. The van der Waals surface area contributed by atoms with E-state index in [1.807, 2.05) is 18.2 Å². The maximum Gasteiger partial charge on any atom is 0.230 e. The van der Waals surface area contributed by atoms with E-state index in [4.69, 9.17) is 5.73 Å². The molecule has 1 aromatic carbocycles. The normalized spacial score (nSPS) is 30.0. The van der Waals surface area contributed by atoms with Crippen LogP contribution in [0.5, 0.6) is 0 Å². The number of nitrogens with two attached hydrogens (primary N) is 1. The first-order valence-corrected chi connectivity index (χ1v) is 9.72. The first kappa shape index (κ1) is 17.5. The highest BCUT2D eigenvalue weighted by Crippen LogP contribution is 2.41. The number of fused-ring (bicyclic) bond motifs is 2. The molecule has 0 aromatic heterocycles. The van der Waals surface area contributed by atoms with E-state index in [1.165, 1.54) is 19.3 Å². The molecule has 2 fully saturated rings. The molecule has 2 aliphatic carbocycles. The van der Waals surface area contributed by atoms with Gasteiger partial charge in [0, 0.05) is 12.1 Å². The fourth-order valence-electron chi connectivity index (χ4n) is 5.18. The summed E-state index contributed by atoms with van der Waals surface area (Å²) in [6.07, 6.45) is 7.52. The molecule has 0 heterocycles. The Balaban J connectivity index is 1.82. The molecule has 3 rings (SSSR count). The topological polar surface area (TPSA) is 55.1 Å². The zero-order chi connectivity index (χ0) is 17.2. The van der Waals surface area contributed by atoms with Gasteiger partial charge in [-0.25, -0.2) is 0 Å². The first-order chi connectivity index (χ1) is 11.6. The number of amides is 1. The van der Waals surface area contributed by atoms with Crippen molar-refractivity contribution in [2.75, 3.05) is 0 Å². The molecule has 3 heteroatoms. The Hall–Kier alpha value is -1.35. The van der Waals surface area contributed by atoms with E-state index < -0.39 is 5.41 Å². The number of carbonyl (C=O) groups excluding carboxylic acids is 1. The monoisotopic (exact) mass is 328 g/mol. The first-order valence-electron chi connectivity index (χ1n) is 9.72. The number of rotatable bonds is 5. The molecule has 24 heavy (non-hydrogen) atoms. The molecular weight excluding hydrogens is 296 g/mol. The van der Waals surface area contributed by atoms with Crippen LogP contribution in [0.1, 0.15) is 64.4 Å². The lowest BCUT2D eigenvalue weighted by Gasteiger charge is -2.46. The second-order valence-corrected chi connectivity index (χ2v) is 7.84. The largest absolute Gasteiger partial charge is 0.352 e. The summed E-state index contributed by atoms with van der Waals surface area (Å²) in [5, 5.41) is 3.49. The van der Waals surface area contributed by atoms with Gasteiger partial charge in [-0.05, 0) is 55.9 Å². The smallest absolute Gasteiger partial charge is 0.230 e. The van der Waals surface area contributed by atoms with Crippen LogP contribution in [-0.2, 0) is 10.2 Å². The molecule has 3 N–H and O–H groups in total. The van der Waals surface area contributed by atoms with Crippen LogP contribution in [0.25, 0.3) is 0 Å². The van der Waals surface area contributed by atoms with Crippen LogP contribution < -0.4 is 11.1 Å². The standard InChI is InChI=1S/C21H32N2O/c1-3-21(4-2,17-11-6-5-7-12-17)20(24)23-19-15-9-8-10-16(19)14-18(22)13-15/h5-7,11-12,15-16,18-19H,3-4,8-10,13-14,22H2,1-2H3,(H,23,24). The zero-order valence-electron chi connectivity index (χ0n) is 15.1. The maximum absolute atomic E-state index is 13.4. The fourth-order valence-corrected chi connectivity index (χ4v) is 5.18. The minimum Gasteiger partial charge on any atom is -0.352 e. The third kappa shape index (κ3) is 3.11. The number of hydrogen-bond donors (Lipinski definition) is 2. The van der Waals surface area contributed by atoms with E-state index >= 15 is 0 Å². The Morgan fingerprint density at radius 3 is 2.25 bits per heavy atom. The molecule has 1 amide bonds. The molecule has 2 unspecified atom stereocenters. The summed E-state index contributed by atoms with van der Waals surface area (Å²) >= 11 is 0. The van der Waals surface area contributed by atoms with Gasteiger partial charge < -0.3 is 11.1 Å². The third-order valence-electron chi connectivity index (χ3n) is 6.64. The molecular formula is C21H32N2O. The SMILES string of the molecule is CCC(CC)(C(=O)NC1C2CCCC1CC(N)C2)c1ccccc1. The number of carbonyl (C=O) groups is 1. The van der Waals surface area contributed by atoms with Gasteiger partial charge in [-0.2, -0.15) is 0 Å². The Bertz CT molecular complexity index is 538. The van der Waals surface area contributed by atoms with Gasteiger partial charge in [0.25, 0.3) is 0 Å². The summed E-state index contributed by atoms with van der Waals surface area (Å²) in [6, 6.07) is 10.9. The predicted molar refractivity (Wildman–Crippen MR) is 98.7 cm³/mol. The molecule has 1 aromatic rings. The number of nitrogens with one attached hydrogen (secondary N) is 1. The van der Waals surface area contributed by atoms with E-state index in [-0.39, 0.29) is 5.91 Å². The molecule has 3 nitrogen and oxygen atoms in total. The lowest BCUT2D eigenvalue weighted by atomic mass is 9.66. The van der Waals surface area contributed by atoms with Crippen LogP contribution in [-0.4, -0.2) is 18.0 Å². The summed E-state index contributed by atoms with van der Waals surface area (Å²) in [6.45, 7) is 4.27. The molecule has 2 bridgehead atoms. The summed E-state index contributed by atoms with van der Waals surface area (Å²) in [5.41, 5.74) is 6.97. The highest BCUT2D eigenvalue weighted by atomic mass is 16.2. The van der Waals surface area contributed by atoms with Gasteiger partial charge in [0.1, 0.15) is 0 Å². The van der Waals surface area contributed by atoms with E-state index in [9.17, 15) is 4.79 Å². The van der Waals surface area contributed by atoms with Gasteiger partial charge in [0.2, 0.25) is 5.91 Å². The summed E-state index contributed by atoms with van der Waals surface area (Å²) in [7, 11) is 0. The summed E-state index contributed by atoms with van der Waals surface area (Å²) < 4.78 is 0. The van der Waals surface area contributed by atoms with Gasteiger partial charge in [0.15, 0.2) is 0 Å². The highest BCUT2D eigenvalue weighted by molar-refractivity contribution is 5.88. The van der Waals surface area contributed by atoms with Crippen LogP contribution in [0.2, 0.25) is 0 Å². The quantitative estimate of drug-likeness (QED) is 0.864. The van der Waals surface area contributed by atoms with Crippen molar-refractivity contribution in [3.8, 4) is 0 Å². The minimum absolute atomic E-state index is 0.219. The van der Waals surface area contributed by atoms with Crippen molar-refractivity contribution < 1.29 is 4.79 Å². The van der Waals surface area contributed by atoms with Crippen molar-refractivity contribution in [1.29, 1.82) is 0 Å². The van der Waals surface area contributed by atoms with Gasteiger partial charge in [-0.1, -0.05) is 50.6 Å². The average Bonchev–Trinajstić information content (AvgIpc) is 2.58. The Morgan fingerprint density at radius 2 is 1.71 bits per heavy atom. The van der Waals surface area contributed by atoms with Crippen molar-refractivity contribution in [1.82, 2.24) is 5.32 Å². The summed E-state index contributed by atoms with van der Waals surface area (Å²) in [4.78, 5) is 13.4. The van der Waals surface area contributed by atoms with Gasteiger partial charge in [-0.15, -0.1) is 0 Å². The molecule has 0 spiro atoms. The van der Waals surface area contributed by atoms with Crippen molar-refractivity contribution >= 4 is 5.91 Å². The van der Waals surface area contributed by atoms with E-state index in [2.05, 4.69) is 31.3 Å². The summed E-state index contributed by atoms with van der Waals surface area (Å²) in [5.74, 6) is 1.35. The highest BCUT2D eigenvalue weighted by Gasteiger charge is 2.43. The van der Waals surface area contributed by atoms with Crippen molar-refractivity contribution in [3.63, 3.8) is 0 Å². The zero-order valence-corrected chi connectivity index (χ0v) is 15.1. The Kier molecular flexibility index (Phi) is 5.29. The van der Waals surface area contributed by atoms with Crippen molar-refractivity contribution in [3.05, 3.63) is 35.9 Å². The minimum atomic E-state index is -0.408. The van der Waals surface area contributed by atoms with Crippen LogP contribution in [0.3, 0.4) is 0 Å². The average molecular weight is 328 g/mol.